The number of benzene rings is 1. The van der Waals surface area contributed by atoms with Gasteiger partial charge < -0.3 is 4.74 Å². The highest BCUT2D eigenvalue weighted by Gasteiger charge is 2.16. The molecule has 0 aliphatic rings. The lowest BCUT2D eigenvalue weighted by atomic mass is 10.2. The molecule has 0 saturated heterocycles. The molecule has 110 valence electrons. The van der Waals surface area contributed by atoms with E-state index >= 15 is 0 Å². The minimum Gasteiger partial charge on any atom is -0.489 e. The van der Waals surface area contributed by atoms with Gasteiger partial charge in [-0.3, -0.25) is 20.3 Å². The molecule has 0 spiro atoms. The Morgan fingerprint density at radius 1 is 1.48 bits per heavy atom. The number of halogens is 1. The summed E-state index contributed by atoms with van der Waals surface area (Å²) in [6, 6.07) is 4.91. The summed E-state index contributed by atoms with van der Waals surface area (Å²) in [6.07, 6.45) is 0. The van der Waals surface area contributed by atoms with Crippen molar-refractivity contribution in [1.82, 2.24) is 5.43 Å². The number of nitrogens with two attached hydrogens (primary N) is 1. The van der Waals surface area contributed by atoms with E-state index < -0.39 is 22.3 Å². The van der Waals surface area contributed by atoms with E-state index in [1.54, 1.807) is 11.4 Å². The molecule has 0 fully saturated rings. The number of hydrogen-bond acceptors (Lipinski definition) is 6. The Labute approximate surface area is 122 Å². The van der Waals surface area contributed by atoms with E-state index in [-0.39, 0.29) is 12.4 Å². The van der Waals surface area contributed by atoms with Crippen molar-refractivity contribution in [2.24, 2.45) is 5.84 Å². The van der Waals surface area contributed by atoms with Crippen LogP contribution in [0.1, 0.15) is 15.2 Å². The molecule has 0 saturated carbocycles. The summed E-state index contributed by atoms with van der Waals surface area (Å²) in [6.45, 7) is 0.0174. The lowest BCUT2D eigenvalue weighted by Crippen LogP contribution is -2.30. The zero-order valence-corrected chi connectivity index (χ0v) is 11.4. The molecule has 1 aromatic heterocycles. The topological polar surface area (TPSA) is 107 Å². The quantitative estimate of drug-likeness (QED) is 0.380. The molecule has 1 aromatic carbocycles. The highest BCUT2D eigenvalue weighted by Crippen LogP contribution is 2.24. The number of thiophene rings is 1. The number of hydrazine groups is 1. The Balaban J connectivity index is 2.10. The Hall–Kier alpha value is -2.52. The Kier molecular flexibility index (Phi) is 4.45. The van der Waals surface area contributed by atoms with Crippen molar-refractivity contribution in [3.63, 3.8) is 0 Å². The summed E-state index contributed by atoms with van der Waals surface area (Å²) in [4.78, 5) is 21.5. The van der Waals surface area contributed by atoms with E-state index in [0.717, 1.165) is 12.1 Å². The maximum Gasteiger partial charge on any atom is 0.305 e. The average Bonchev–Trinajstić information content (AvgIpc) is 2.92. The average molecular weight is 311 g/mol. The van der Waals surface area contributed by atoms with Gasteiger partial charge in [0.2, 0.25) is 5.82 Å². The third-order valence-corrected chi connectivity index (χ3v) is 3.55. The van der Waals surface area contributed by atoms with Crippen LogP contribution in [0.2, 0.25) is 0 Å². The van der Waals surface area contributed by atoms with E-state index in [4.69, 9.17) is 10.6 Å². The van der Waals surface area contributed by atoms with Gasteiger partial charge in [0.05, 0.1) is 9.80 Å². The van der Waals surface area contributed by atoms with Crippen LogP contribution in [0.25, 0.3) is 0 Å². The smallest absolute Gasteiger partial charge is 0.305 e. The van der Waals surface area contributed by atoms with Crippen LogP contribution in [-0.4, -0.2) is 10.8 Å². The SMILES string of the molecule is NNC(=O)c1sccc1COc1ccc([N+](=O)[O-])c(F)c1. The molecule has 2 aromatic rings. The van der Waals surface area contributed by atoms with Crippen molar-refractivity contribution in [2.75, 3.05) is 0 Å². The minimum absolute atomic E-state index is 0.0174. The Morgan fingerprint density at radius 2 is 2.24 bits per heavy atom. The van der Waals surface area contributed by atoms with Crippen molar-refractivity contribution in [3.05, 3.63) is 56.0 Å². The van der Waals surface area contributed by atoms with Crippen LogP contribution in [0.5, 0.6) is 5.75 Å². The Bertz CT molecular complexity index is 689. The van der Waals surface area contributed by atoms with E-state index in [1.165, 1.54) is 17.4 Å². The van der Waals surface area contributed by atoms with E-state index in [9.17, 15) is 19.3 Å². The van der Waals surface area contributed by atoms with Crippen molar-refractivity contribution in [3.8, 4) is 5.75 Å². The zero-order chi connectivity index (χ0) is 15.4. The van der Waals surface area contributed by atoms with Crippen LogP contribution < -0.4 is 16.0 Å². The number of ether oxygens (including phenoxy) is 1. The van der Waals surface area contributed by atoms with Gasteiger partial charge in [-0.15, -0.1) is 11.3 Å². The molecule has 0 aliphatic heterocycles. The predicted octanol–water partition coefficient (Wildman–Crippen LogP) is 1.98. The molecular weight excluding hydrogens is 301 g/mol. The lowest BCUT2D eigenvalue weighted by molar-refractivity contribution is -0.387. The Morgan fingerprint density at radius 3 is 2.86 bits per heavy atom. The van der Waals surface area contributed by atoms with Gasteiger partial charge in [0.15, 0.2) is 0 Å². The maximum absolute atomic E-state index is 13.4. The maximum atomic E-state index is 13.4. The van der Waals surface area contributed by atoms with E-state index in [1.807, 2.05) is 5.43 Å². The third-order valence-electron chi connectivity index (χ3n) is 2.59. The molecule has 1 heterocycles. The summed E-state index contributed by atoms with van der Waals surface area (Å²) >= 11 is 1.19. The van der Waals surface area contributed by atoms with E-state index in [0.29, 0.717) is 10.4 Å². The standard InChI is InChI=1S/C12H10FN3O4S/c13-9-5-8(1-2-10(9)16(18)19)20-6-7-3-4-21-11(7)12(17)15-14/h1-5H,6,14H2,(H,15,17). The van der Waals surface area contributed by atoms with Gasteiger partial charge in [-0.1, -0.05) is 0 Å². The monoisotopic (exact) mass is 311 g/mol. The molecule has 0 radical (unpaired) electrons. The number of nitro groups is 1. The number of rotatable bonds is 5. The fraction of sp³-hybridized carbons (Fsp3) is 0.0833. The summed E-state index contributed by atoms with van der Waals surface area (Å²) in [7, 11) is 0. The molecule has 0 atom stereocenters. The number of nitrogen functional groups attached to an aromatic ring is 1. The molecule has 0 bridgehead atoms. The third kappa shape index (κ3) is 3.33. The first-order valence-electron chi connectivity index (χ1n) is 5.67. The second-order valence-electron chi connectivity index (χ2n) is 3.91. The first kappa shape index (κ1) is 14.9. The lowest BCUT2D eigenvalue weighted by Gasteiger charge is -2.07. The van der Waals surface area contributed by atoms with Gasteiger partial charge in [-0.05, 0) is 17.5 Å². The first-order chi connectivity index (χ1) is 10.0. The second kappa shape index (κ2) is 6.29. The molecule has 0 aliphatic carbocycles. The molecule has 2 rings (SSSR count). The van der Waals surface area contributed by atoms with Gasteiger partial charge in [-0.25, -0.2) is 5.84 Å². The molecule has 3 N–H and O–H groups in total. The number of carbonyl (C=O) groups excluding carboxylic acids is 1. The van der Waals surface area contributed by atoms with Crippen LogP contribution in [-0.2, 0) is 6.61 Å². The fourth-order valence-corrected chi connectivity index (χ4v) is 2.41. The summed E-state index contributed by atoms with van der Waals surface area (Å²) in [5.74, 6) is 3.76. The first-order valence-corrected chi connectivity index (χ1v) is 6.55. The molecular formula is C12H10FN3O4S. The highest BCUT2D eigenvalue weighted by molar-refractivity contribution is 7.12. The van der Waals surface area contributed by atoms with Crippen LogP contribution in [0, 0.1) is 15.9 Å². The number of nitrogens with one attached hydrogen (secondary N) is 1. The van der Waals surface area contributed by atoms with Gasteiger partial charge in [0, 0.05) is 17.7 Å². The molecule has 21 heavy (non-hydrogen) atoms. The number of nitro benzene ring substituents is 1. The minimum atomic E-state index is -0.984. The fourth-order valence-electron chi connectivity index (χ4n) is 1.60. The van der Waals surface area contributed by atoms with Crippen molar-refractivity contribution in [1.29, 1.82) is 0 Å². The summed E-state index contributed by atoms with van der Waals surface area (Å²) < 4.78 is 18.8. The van der Waals surface area contributed by atoms with Gasteiger partial charge in [-0.2, -0.15) is 4.39 Å². The number of hydrogen-bond donors (Lipinski definition) is 2. The second-order valence-corrected chi connectivity index (χ2v) is 4.82. The van der Waals surface area contributed by atoms with Crippen LogP contribution in [0.4, 0.5) is 10.1 Å². The van der Waals surface area contributed by atoms with Gasteiger partial charge >= 0.3 is 5.69 Å². The number of nitrogens with zero attached hydrogens (tertiary/aromatic N) is 1. The van der Waals surface area contributed by atoms with Crippen molar-refractivity contribution < 1.29 is 18.8 Å². The van der Waals surface area contributed by atoms with Crippen molar-refractivity contribution >= 4 is 22.9 Å². The predicted molar refractivity (Wildman–Crippen MR) is 73.4 cm³/mol. The summed E-state index contributed by atoms with van der Waals surface area (Å²) in [5.41, 5.74) is 1.98. The molecule has 7 nitrogen and oxygen atoms in total. The molecule has 0 unspecified atom stereocenters. The molecule has 1 amide bonds. The van der Waals surface area contributed by atoms with Crippen LogP contribution >= 0.6 is 11.3 Å². The zero-order valence-electron chi connectivity index (χ0n) is 10.5. The van der Waals surface area contributed by atoms with E-state index in [2.05, 4.69) is 0 Å². The largest absolute Gasteiger partial charge is 0.489 e. The van der Waals surface area contributed by atoms with Crippen LogP contribution in [0.3, 0.4) is 0 Å². The van der Waals surface area contributed by atoms with Gasteiger partial charge in [0.25, 0.3) is 5.91 Å². The number of carbonyl (C=O) groups is 1. The van der Waals surface area contributed by atoms with Crippen LogP contribution in [0.15, 0.2) is 29.6 Å². The summed E-state index contributed by atoms with van der Waals surface area (Å²) in [5, 5.41) is 12.2. The highest BCUT2D eigenvalue weighted by atomic mass is 32.1. The van der Waals surface area contributed by atoms with Gasteiger partial charge in [0.1, 0.15) is 12.4 Å². The molecule has 9 heteroatoms. The van der Waals surface area contributed by atoms with Crippen molar-refractivity contribution in [2.45, 2.75) is 6.61 Å². The number of amides is 1. The normalized spacial score (nSPS) is 10.2.